The second-order valence-electron chi connectivity index (χ2n) is 9.50. The van der Waals surface area contributed by atoms with Gasteiger partial charge < -0.3 is 15.2 Å². The molecule has 7 heteroatoms. The Kier molecular flexibility index (Phi) is 9.32. The van der Waals surface area contributed by atoms with Crippen LogP contribution < -0.4 is 10.1 Å². The Morgan fingerprint density at radius 1 is 1.25 bits per heavy atom. The van der Waals surface area contributed by atoms with Crippen molar-refractivity contribution in [1.29, 1.82) is 5.26 Å². The number of carboxylic acids is 1. The minimum Gasteiger partial charge on any atom is -0.478 e. The van der Waals surface area contributed by atoms with Crippen LogP contribution in [-0.2, 0) is 6.16 Å². The van der Waals surface area contributed by atoms with Gasteiger partial charge in [-0.2, -0.15) is 5.26 Å². The molecule has 0 amide bonds. The molecule has 6 nitrogen and oxygen atoms in total. The molecule has 1 aliphatic rings. The average molecular weight is 550 g/mol. The minimum absolute atomic E-state index is 0.212. The molecule has 1 aromatic heterocycles. The number of para-hydroxylation sites is 1. The number of anilines is 1. The third-order valence-corrected chi connectivity index (χ3v) is 7.54. The van der Waals surface area contributed by atoms with Crippen molar-refractivity contribution in [3.8, 4) is 11.8 Å². The van der Waals surface area contributed by atoms with Gasteiger partial charge in [0.2, 0.25) is 0 Å². The van der Waals surface area contributed by atoms with Gasteiger partial charge in [-0.15, -0.1) is 0 Å². The largest absolute Gasteiger partial charge is 0.478 e. The first-order chi connectivity index (χ1) is 19.3. The van der Waals surface area contributed by atoms with Gasteiger partial charge in [0.1, 0.15) is 23.3 Å². The first kappa shape index (κ1) is 28.5. The molecule has 0 aliphatic carbocycles. The summed E-state index contributed by atoms with van der Waals surface area (Å²) in [5, 5.41) is 22.0. The fraction of sp³-hybridized carbons (Fsp3) is 0.212. The number of nitrogens with zero attached hydrogens (tertiary/aromatic N) is 2. The third kappa shape index (κ3) is 6.57. The van der Waals surface area contributed by atoms with Gasteiger partial charge in [0.05, 0.1) is 11.6 Å². The normalized spacial score (nSPS) is 14.7. The standard InChI is InChI=1S/C33H32N3O3P/c1-5-9-25-16-31(24(6-2)20-40-19-23-12-13-26(17-34)35-18-23)39-32-28(14-21(3)15-29(25)32)22(4)36-30-11-8-7-10-27(30)33(37)38/h6-16,18,20,22,36H,5,19H2,1-4H3,(H,37,38)/b24-6+,25-9-. The molecule has 0 fully saturated rings. The highest BCUT2D eigenvalue weighted by Crippen LogP contribution is 2.42. The van der Waals surface area contributed by atoms with Gasteiger partial charge in [0, 0.05) is 34.7 Å². The zero-order valence-electron chi connectivity index (χ0n) is 23.1. The van der Waals surface area contributed by atoms with E-state index in [0.29, 0.717) is 11.4 Å². The van der Waals surface area contributed by atoms with Crippen molar-refractivity contribution in [3.63, 3.8) is 0 Å². The lowest BCUT2D eigenvalue weighted by molar-refractivity contribution is 0.0698. The van der Waals surface area contributed by atoms with E-state index in [1.54, 1.807) is 30.5 Å². The molecule has 2 heterocycles. The first-order valence-electron chi connectivity index (χ1n) is 13.2. The van der Waals surface area contributed by atoms with Crippen LogP contribution in [0, 0.1) is 18.3 Å². The number of carbonyl (C=O) groups is 1. The molecule has 0 radical (unpaired) electrons. The maximum Gasteiger partial charge on any atom is 0.337 e. The summed E-state index contributed by atoms with van der Waals surface area (Å²) >= 11 is 0. The zero-order valence-corrected chi connectivity index (χ0v) is 24.0. The van der Waals surface area contributed by atoms with Crippen molar-refractivity contribution in [2.75, 3.05) is 5.32 Å². The van der Waals surface area contributed by atoms with Gasteiger partial charge in [-0.3, -0.25) is 0 Å². The fourth-order valence-electron chi connectivity index (χ4n) is 4.56. The number of pyridine rings is 1. The van der Waals surface area contributed by atoms with E-state index in [9.17, 15) is 9.90 Å². The van der Waals surface area contributed by atoms with E-state index < -0.39 is 5.97 Å². The zero-order chi connectivity index (χ0) is 28.6. The minimum atomic E-state index is -0.972. The number of fused-ring (bicyclic) bond motifs is 1. The highest BCUT2D eigenvalue weighted by Gasteiger charge is 2.25. The topological polar surface area (TPSA) is 95.2 Å². The Labute approximate surface area is 237 Å². The predicted octanol–water partition coefficient (Wildman–Crippen LogP) is 8.10. The van der Waals surface area contributed by atoms with E-state index >= 15 is 0 Å². The summed E-state index contributed by atoms with van der Waals surface area (Å²) in [5.41, 5.74) is 7.43. The van der Waals surface area contributed by atoms with Crippen LogP contribution in [0.1, 0.15) is 71.5 Å². The number of aromatic carboxylic acids is 1. The SMILES string of the molecule is C/C=C(\C=PCc1ccc(C#N)nc1)C1=C/C(=C/CC)c2cc(C)cc(C(C)Nc3ccccc3C(=O)O)c2O1. The van der Waals surface area contributed by atoms with E-state index in [0.717, 1.165) is 65.7 Å². The van der Waals surface area contributed by atoms with Crippen molar-refractivity contribution in [2.45, 2.75) is 46.3 Å². The van der Waals surface area contributed by atoms with Crippen molar-refractivity contribution < 1.29 is 14.6 Å². The molecule has 0 bridgehead atoms. The lowest BCUT2D eigenvalue weighted by atomic mass is 9.92. The summed E-state index contributed by atoms with van der Waals surface area (Å²) in [6.45, 7) is 8.20. The van der Waals surface area contributed by atoms with E-state index in [1.807, 2.05) is 38.1 Å². The number of rotatable bonds is 9. The summed E-state index contributed by atoms with van der Waals surface area (Å²) in [6, 6.07) is 16.7. The van der Waals surface area contributed by atoms with Crippen LogP contribution in [0.25, 0.3) is 5.57 Å². The Bertz CT molecular complexity index is 1580. The Hall–Kier alpha value is -4.46. The first-order valence-corrected chi connectivity index (χ1v) is 14.3. The molecule has 4 rings (SSSR count). The number of nitriles is 1. The molecule has 0 spiro atoms. The van der Waals surface area contributed by atoms with Gasteiger partial charge in [0.25, 0.3) is 0 Å². The van der Waals surface area contributed by atoms with Crippen molar-refractivity contribution in [2.24, 2.45) is 0 Å². The van der Waals surface area contributed by atoms with E-state index in [4.69, 9.17) is 10.00 Å². The predicted molar refractivity (Wildman–Crippen MR) is 163 cm³/mol. The van der Waals surface area contributed by atoms with Crippen LogP contribution in [0.3, 0.4) is 0 Å². The summed E-state index contributed by atoms with van der Waals surface area (Å²) in [6.07, 6.45) is 9.73. The van der Waals surface area contributed by atoms with Crippen molar-refractivity contribution in [1.82, 2.24) is 4.98 Å². The molecule has 3 aromatic rings. The third-order valence-electron chi connectivity index (χ3n) is 6.53. The van der Waals surface area contributed by atoms with Crippen molar-refractivity contribution >= 4 is 31.2 Å². The summed E-state index contributed by atoms with van der Waals surface area (Å²) in [5.74, 6) is 2.71. The molecule has 2 N–H and O–H groups in total. The second kappa shape index (κ2) is 13.1. The molecule has 0 saturated carbocycles. The van der Waals surface area contributed by atoms with Gasteiger partial charge in [0.15, 0.2) is 0 Å². The van der Waals surface area contributed by atoms with Crippen LogP contribution in [0.15, 0.2) is 84.3 Å². The van der Waals surface area contributed by atoms with Crippen molar-refractivity contribution in [3.05, 3.63) is 118 Å². The molecular weight excluding hydrogens is 517 g/mol. The number of benzene rings is 2. The quantitative estimate of drug-likeness (QED) is 0.262. The van der Waals surface area contributed by atoms with Crippen LogP contribution in [-0.4, -0.2) is 21.9 Å². The number of allylic oxidation sites excluding steroid dienone is 5. The summed E-state index contributed by atoms with van der Waals surface area (Å²) in [4.78, 5) is 16.0. The molecule has 1 aliphatic heterocycles. The van der Waals surface area contributed by atoms with E-state index in [2.05, 4.69) is 54.2 Å². The van der Waals surface area contributed by atoms with Gasteiger partial charge in [-0.1, -0.05) is 51.5 Å². The van der Waals surface area contributed by atoms with E-state index in [-0.39, 0.29) is 11.6 Å². The number of carboxylic acid groups (broad SMARTS) is 1. The fourth-order valence-corrected chi connectivity index (χ4v) is 5.52. The molecule has 1 unspecified atom stereocenters. The Morgan fingerprint density at radius 3 is 2.73 bits per heavy atom. The molecule has 1 atom stereocenters. The number of aryl methyl sites for hydroxylation is 1. The molecule has 2 aromatic carbocycles. The monoisotopic (exact) mass is 549 g/mol. The summed E-state index contributed by atoms with van der Waals surface area (Å²) < 4.78 is 6.63. The molecule has 0 saturated heterocycles. The number of ether oxygens (including phenoxy) is 1. The molecule has 40 heavy (non-hydrogen) atoms. The van der Waals surface area contributed by atoms with Gasteiger partial charge in [-0.25, -0.2) is 9.78 Å². The number of hydrogen-bond acceptors (Lipinski definition) is 5. The number of aromatic nitrogens is 1. The second-order valence-corrected chi connectivity index (χ2v) is 10.4. The lowest BCUT2D eigenvalue weighted by Gasteiger charge is -2.27. The lowest BCUT2D eigenvalue weighted by Crippen LogP contribution is -2.15. The Balaban J connectivity index is 1.66. The van der Waals surface area contributed by atoms with Crippen LogP contribution in [0.2, 0.25) is 0 Å². The molecule has 202 valence electrons. The smallest absolute Gasteiger partial charge is 0.337 e. The van der Waals surface area contributed by atoms with E-state index in [1.165, 1.54) is 0 Å². The molecular formula is C33H32N3O3P. The van der Waals surface area contributed by atoms with Crippen LogP contribution in [0.4, 0.5) is 5.69 Å². The Morgan fingerprint density at radius 2 is 2.05 bits per heavy atom. The number of hydrogen-bond donors (Lipinski definition) is 2. The maximum absolute atomic E-state index is 11.8. The van der Waals surface area contributed by atoms with Crippen LogP contribution in [0.5, 0.6) is 5.75 Å². The van der Waals surface area contributed by atoms with Gasteiger partial charge >= 0.3 is 5.97 Å². The average Bonchev–Trinajstić information content (AvgIpc) is 2.95. The van der Waals surface area contributed by atoms with Crippen LogP contribution >= 0.6 is 8.20 Å². The van der Waals surface area contributed by atoms with Gasteiger partial charge in [-0.05, 0) is 80.0 Å². The summed E-state index contributed by atoms with van der Waals surface area (Å²) in [7, 11) is 1.07. The highest BCUT2D eigenvalue weighted by molar-refractivity contribution is 7.38. The number of nitrogens with one attached hydrogen (secondary N) is 1. The highest BCUT2D eigenvalue weighted by atomic mass is 31.1. The maximum atomic E-state index is 11.8.